The molecule has 0 saturated carbocycles. The fourth-order valence-electron chi connectivity index (χ4n) is 3.44. The van der Waals surface area contributed by atoms with Crippen LogP contribution >= 0.6 is 0 Å². The Labute approximate surface area is 157 Å². The maximum atomic E-state index is 12.5. The molecule has 1 aromatic heterocycles. The van der Waals surface area contributed by atoms with Gasteiger partial charge in [-0.3, -0.25) is 0 Å². The molecule has 0 radical (unpaired) electrons. The molecule has 0 bridgehead atoms. The second-order valence-corrected chi connectivity index (χ2v) is 8.56. The summed E-state index contributed by atoms with van der Waals surface area (Å²) in [6.45, 7) is 2.53. The number of nitrogens with one attached hydrogen (secondary N) is 3. The molecule has 2 aromatic carbocycles. The minimum Gasteiger partial charge on any atom is -0.372 e. The topological polar surface area (TPSA) is 98.1 Å². The van der Waals surface area contributed by atoms with E-state index in [1.54, 1.807) is 6.07 Å². The van der Waals surface area contributed by atoms with Gasteiger partial charge < -0.3 is 14.9 Å². The second kappa shape index (κ2) is 7.21. The number of sulfonamides is 1. The molecule has 1 aliphatic rings. The number of aromatic nitrogens is 2. The van der Waals surface area contributed by atoms with E-state index in [9.17, 15) is 13.2 Å². The number of anilines is 1. The van der Waals surface area contributed by atoms with Crippen LogP contribution in [0, 0.1) is 0 Å². The van der Waals surface area contributed by atoms with Gasteiger partial charge in [0, 0.05) is 25.3 Å². The minimum absolute atomic E-state index is 0.134. The Morgan fingerprint density at radius 1 is 0.963 bits per heavy atom. The lowest BCUT2D eigenvalue weighted by Gasteiger charge is -2.17. The zero-order valence-electron chi connectivity index (χ0n) is 14.9. The Hall–Kier alpha value is -2.58. The summed E-state index contributed by atoms with van der Waals surface area (Å²) in [7, 11) is -3.63. The van der Waals surface area contributed by atoms with Gasteiger partial charge in [-0.25, -0.2) is 17.9 Å². The number of hydrogen-bond acceptors (Lipinski definition) is 4. The van der Waals surface area contributed by atoms with E-state index in [1.807, 2.05) is 0 Å². The summed E-state index contributed by atoms with van der Waals surface area (Å²) in [6.07, 6.45) is 3.10. The first-order valence-electron chi connectivity index (χ1n) is 9.07. The van der Waals surface area contributed by atoms with Crippen LogP contribution in [-0.2, 0) is 16.4 Å². The molecule has 0 unspecified atom stereocenters. The third-order valence-corrected chi connectivity index (χ3v) is 6.37. The van der Waals surface area contributed by atoms with Crippen LogP contribution in [0.4, 0.5) is 5.69 Å². The van der Waals surface area contributed by atoms with Gasteiger partial charge in [0.05, 0.1) is 15.9 Å². The van der Waals surface area contributed by atoms with Gasteiger partial charge in [-0.05, 0) is 55.2 Å². The van der Waals surface area contributed by atoms with E-state index in [4.69, 9.17) is 0 Å². The Morgan fingerprint density at radius 3 is 2.41 bits per heavy atom. The predicted octanol–water partition coefficient (Wildman–Crippen LogP) is 1.98. The highest BCUT2D eigenvalue weighted by molar-refractivity contribution is 7.89. The van der Waals surface area contributed by atoms with Gasteiger partial charge >= 0.3 is 5.69 Å². The summed E-state index contributed by atoms with van der Waals surface area (Å²) in [5.41, 5.74) is 3.01. The van der Waals surface area contributed by atoms with Crippen LogP contribution in [0.3, 0.4) is 0 Å². The van der Waals surface area contributed by atoms with Crippen molar-refractivity contribution in [1.29, 1.82) is 0 Å². The van der Waals surface area contributed by atoms with Gasteiger partial charge in [0.15, 0.2) is 0 Å². The summed E-state index contributed by atoms with van der Waals surface area (Å²) >= 11 is 0. The zero-order chi connectivity index (χ0) is 18.9. The number of imidazole rings is 1. The molecule has 0 amide bonds. The molecule has 3 aromatic rings. The van der Waals surface area contributed by atoms with Crippen molar-refractivity contribution in [2.75, 3.05) is 24.5 Å². The molecule has 27 heavy (non-hydrogen) atoms. The zero-order valence-corrected chi connectivity index (χ0v) is 15.7. The van der Waals surface area contributed by atoms with E-state index in [-0.39, 0.29) is 10.6 Å². The molecular formula is C19H22N4O3S. The standard InChI is InChI=1S/C19H22N4O3S/c24-19-21-17-8-7-16(13-18(17)22-19)27(25,26)20-10-9-14-3-5-15(6-4-14)23-11-1-2-12-23/h3-8,13,20H,1-2,9-12H2,(H2,21,22,24). The molecule has 0 aliphatic carbocycles. The lowest BCUT2D eigenvalue weighted by Crippen LogP contribution is -2.26. The molecule has 1 fully saturated rings. The third-order valence-electron chi connectivity index (χ3n) is 4.91. The number of nitrogens with zero attached hydrogens (tertiary/aromatic N) is 1. The summed E-state index contributed by atoms with van der Waals surface area (Å²) in [5, 5.41) is 0. The third kappa shape index (κ3) is 3.91. The maximum Gasteiger partial charge on any atom is 0.323 e. The highest BCUT2D eigenvalue weighted by Crippen LogP contribution is 2.20. The van der Waals surface area contributed by atoms with E-state index < -0.39 is 10.0 Å². The van der Waals surface area contributed by atoms with Crippen LogP contribution < -0.4 is 15.3 Å². The first kappa shape index (κ1) is 17.8. The van der Waals surface area contributed by atoms with Crippen LogP contribution in [0.5, 0.6) is 0 Å². The number of fused-ring (bicyclic) bond motifs is 1. The largest absolute Gasteiger partial charge is 0.372 e. The fraction of sp³-hybridized carbons (Fsp3) is 0.316. The van der Waals surface area contributed by atoms with Crippen molar-refractivity contribution in [3.63, 3.8) is 0 Å². The number of aromatic amines is 2. The Balaban J connectivity index is 1.38. The van der Waals surface area contributed by atoms with Crippen molar-refractivity contribution in [1.82, 2.24) is 14.7 Å². The fourth-order valence-corrected chi connectivity index (χ4v) is 4.50. The van der Waals surface area contributed by atoms with Gasteiger partial charge in [-0.1, -0.05) is 12.1 Å². The van der Waals surface area contributed by atoms with Crippen LogP contribution in [-0.4, -0.2) is 38.0 Å². The number of hydrogen-bond donors (Lipinski definition) is 3. The van der Waals surface area contributed by atoms with Gasteiger partial charge in [-0.15, -0.1) is 0 Å². The Kier molecular flexibility index (Phi) is 4.75. The monoisotopic (exact) mass is 386 g/mol. The number of benzene rings is 2. The van der Waals surface area contributed by atoms with Gasteiger partial charge in [0.2, 0.25) is 10.0 Å². The maximum absolute atomic E-state index is 12.5. The smallest absolute Gasteiger partial charge is 0.323 e. The summed E-state index contributed by atoms with van der Waals surface area (Å²) in [4.78, 5) is 19.0. The summed E-state index contributed by atoms with van der Waals surface area (Å²) in [5.74, 6) is 0. The molecule has 1 aliphatic heterocycles. The Morgan fingerprint density at radius 2 is 1.67 bits per heavy atom. The minimum atomic E-state index is -3.63. The summed E-state index contributed by atoms with van der Waals surface area (Å²) < 4.78 is 27.6. The van der Waals surface area contributed by atoms with E-state index in [0.29, 0.717) is 24.0 Å². The molecular weight excluding hydrogens is 364 g/mol. The van der Waals surface area contributed by atoms with Crippen LogP contribution in [0.1, 0.15) is 18.4 Å². The Bertz CT molecular complexity index is 1090. The molecule has 2 heterocycles. The normalized spacial score (nSPS) is 14.9. The van der Waals surface area contributed by atoms with Gasteiger partial charge in [-0.2, -0.15) is 0 Å². The van der Waals surface area contributed by atoms with Crippen molar-refractivity contribution in [2.24, 2.45) is 0 Å². The van der Waals surface area contributed by atoms with Gasteiger partial charge in [0.1, 0.15) is 0 Å². The van der Waals surface area contributed by atoms with Crippen molar-refractivity contribution in [2.45, 2.75) is 24.2 Å². The van der Waals surface area contributed by atoms with Crippen molar-refractivity contribution in [3.05, 3.63) is 58.5 Å². The van der Waals surface area contributed by atoms with Crippen molar-refractivity contribution >= 4 is 26.7 Å². The average Bonchev–Trinajstić information content (AvgIpc) is 3.30. The SMILES string of the molecule is O=c1[nH]c2ccc(S(=O)(=O)NCCc3ccc(N4CCCC4)cc3)cc2[nH]1. The molecule has 0 spiro atoms. The van der Waals surface area contributed by atoms with E-state index >= 15 is 0 Å². The highest BCUT2D eigenvalue weighted by atomic mass is 32.2. The first-order valence-corrected chi connectivity index (χ1v) is 10.6. The highest BCUT2D eigenvalue weighted by Gasteiger charge is 2.15. The van der Waals surface area contributed by atoms with Crippen LogP contribution in [0.25, 0.3) is 11.0 Å². The van der Waals surface area contributed by atoms with E-state index in [0.717, 1.165) is 18.7 Å². The predicted molar refractivity (Wildman–Crippen MR) is 106 cm³/mol. The lowest BCUT2D eigenvalue weighted by molar-refractivity contribution is 0.582. The van der Waals surface area contributed by atoms with Crippen LogP contribution in [0.15, 0.2) is 52.2 Å². The van der Waals surface area contributed by atoms with E-state index in [1.165, 1.54) is 30.7 Å². The molecule has 4 rings (SSSR count). The molecule has 0 atom stereocenters. The van der Waals surface area contributed by atoms with Crippen LogP contribution in [0.2, 0.25) is 0 Å². The number of rotatable bonds is 6. The van der Waals surface area contributed by atoms with Crippen molar-refractivity contribution < 1.29 is 8.42 Å². The van der Waals surface area contributed by atoms with Crippen molar-refractivity contribution in [3.8, 4) is 0 Å². The number of H-pyrrole nitrogens is 2. The molecule has 7 nitrogen and oxygen atoms in total. The summed E-state index contributed by atoms with van der Waals surface area (Å²) in [6, 6.07) is 12.8. The quantitative estimate of drug-likeness (QED) is 0.603. The molecule has 1 saturated heterocycles. The second-order valence-electron chi connectivity index (χ2n) is 6.79. The molecule has 3 N–H and O–H groups in total. The van der Waals surface area contributed by atoms with E-state index in [2.05, 4.69) is 43.9 Å². The lowest BCUT2D eigenvalue weighted by atomic mass is 10.1. The van der Waals surface area contributed by atoms with Gasteiger partial charge in [0.25, 0.3) is 0 Å². The molecule has 142 valence electrons. The average molecular weight is 386 g/mol. The molecule has 8 heteroatoms. The first-order chi connectivity index (χ1) is 13.0.